The molecule has 10 nitrogen and oxygen atoms in total. The van der Waals surface area contributed by atoms with Gasteiger partial charge in [-0.05, 0) is 37.3 Å². The first-order valence-corrected chi connectivity index (χ1v) is 17.0. The molecule has 1 aromatic carbocycles. The molecule has 244 valence electrons. The van der Waals surface area contributed by atoms with E-state index in [1.807, 2.05) is 48.6 Å². The summed E-state index contributed by atoms with van der Waals surface area (Å²) in [5, 5.41) is 12.1. The van der Waals surface area contributed by atoms with Crippen LogP contribution in [0.2, 0.25) is 0 Å². The van der Waals surface area contributed by atoms with Gasteiger partial charge in [-0.15, -0.1) is 0 Å². The van der Waals surface area contributed by atoms with E-state index in [0.717, 1.165) is 31.2 Å². The molecule has 0 aromatic heterocycles. The van der Waals surface area contributed by atoms with Gasteiger partial charge in [0, 0.05) is 37.1 Å². The van der Waals surface area contributed by atoms with E-state index >= 15 is 0 Å². The lowest BCUT2D eigenvalue weighted by atomic mass is 9.74. The number of likely N-dealkylation sites (tertiary alicyclic amines) is 1. The molecule has 2 saturated heterocycles. The third kappa shape index (κ3) is 6.90. The van der Waals surface area contributed by atoms with Gasteiger partial charge in [-0.25, -0.2) is 0 Å². The number of fused-ring (bicyclic) bond motifs is 2. The summed E-state index contributed by atoms with van der Waals surface area (Å²) >= 11 is 3.60. The summed E-state index contributed by atoms with van der Waals surface area (Å²) in [6, 6.07) is 8.28. The number of benzene rings is 1. The van der Waals surface area contributed by atoms with Crippen LogP contribution in [0.15, 0.2) is 53.0 Å². The number of aliphatic hydroxyl groups is 1. The van der Waals surface area contributed by atoms with E-state index in [-0.39, 0.29) is 37.3 Å². The van der Waals surface area contributed by atoms with Crippen LogP contribution in [0.25, 0.3) is 0 Å². The lowest BCUT2D eigenvalue weighted by molar-refractivity contribution is -0.159. The summed E-state index contributed by atoms with van der Waals surface area (Å²) in [6.45, 7) is 3.45. The number of carbonyl (C=O) groups excluding carboxylic acids is 4. The monoisotopic (exact) mass is 685 g/mol. The molecule has 3 amide bonds. The quantitative estimate of drug-likeness (QED) is 0.218. The second-order valence-corrected chi connectivity index (χ2v) is 13.2. The number of hydrogen-bond donors (Lipinski definition) is 2. The standard InChI is InChI=1S/C34H44BrN3O7/c1-2-3-17-37-18-11-7-10-16-26(40)36-22-25(23-14-8-6-9-15-23)44-33(43)27-28-31(41)38(19-12-4-5-13-20-39)30(32(37)42)34(28)21-24(35)29(27)45-34/h6-9,11,14-15,21,25,27-30,39H,2-5,10,12-13,16-20,22H2,1H3,(H,36,40)/b11-7-/t25-,27-,28+,29-,30-,34+/m1/s1. The van der Waals surface area contributed by atoms with Crippen molar-refractivity contribution in [3.63, 3.8) is 0 Å². The first kappa shape index (κ1) is 33.3. The van der Waals surface area contributed by atoms with Crippen LogP contribution in [0.4, 0.5) is 0 Å². The number of unbranched alkanes of at least 4 members (excludes halogenated alkanes) is 4. The molecule has 5 bridgehead atoms. The van der Waals surface area contributed by atoms with E-state index in [1.165, 1.54) is 0 Å². The molecule has 0 saturated carbocycles. The van der Waals surface area contributed by atoms with E-state index in [9.17, 15) is 24.3 Å². The smallest absolute Gasteiger partial charge is 0.313 e. The van der Waals surface area contributed by atoms with E-state index in [0.29, 0.717) is 43.4 Å². The number of allylic oxidation sites excluding steroid dienone is 1. The minimum absolute atomic E-state index is 0.0865. The Morgan fingerprint density at radius 3 is 2.53 bits per heavy atom. The Bertz CT molecular complexity index is 1300. The molecule has 5 rings (SSSR count). The molecule has 4 aliphatic heterocycles. The molecule has 1 aromatic rings. The van der Waals surface area contributed by atoms with Crippen molar-refractivity contribution < 1.29 is 33.8 Å². The van der Waals surface area contributed by atoms with Crippen molar-refractivity contribution in [2.24, 2.45) is 11.8 Å². The maximum absolute atomic E-state index is 14.6. The Kier molecular flexibility index (Phi) is 11.1. The average Bonchev–Trinajstić information content (AvgIpc) is 3.63. The zero-order chi connectivity index (χ0) is 32.0. The minimum Gasteiger partial charge on any atom is -0.455 e. The van der Waals surface area contributed by atoms with Gasteiger partial charge in [0.25, 0.3) is 0 Å². The first-order valence-electron chi connectivity index (χ1n) is 16.3. The summed E-state index contributed by atoms with van der Waals surface area (Å²) in [6.07, 6.45) is 9.49. The van der Waals surface area contributed by atoms with Gasteiger partial charge in [-0.1, -0.05) is 84.6 Å². The van der Waals surface area contributed by atoms with E-state index in [2.05, 4.69) is 28.2 Å². The topological polar surface area (TPSA) is 125 Å². The normalized spacial score (nSPS) is 31.1. The van der Waals surface area contributed by atoms with Crippen LogP contribution in [-0.2, 0) is 28.7 Å². The molecule has 2 fully saturated rings. The fraction of sp³-hybridized carbons (Fsp3) is 0.588. The van der Waals surface area contributed by atoms with Gasteiger partial charge in [0.15, 0.2) is 0 Å². The number of ether oxygens (including phenoxy) is 2. The van der Waals surface area contributed by atoms with Gasteiger partial charge in [0.05, 0.1) is 12.5 Å². The predicted octanol–water partition coefficient (Wildman–Crippen LogP) is 3.79. The highest BCUT2D eigenvalue weighted by atomic mass is 79.9. The highest BCUT2D eigenvalue weighted by Gasteiger charge is 2.74. The fourth-order valence-electron chi connectivity index (χ4n) is 7.01. The first-order chi connectivity index (χ1) is 21.8. The number of esters is 1. The maximum Gasteiger partial charge on any atom is 0.313 e. The number of hydrogen-bond acceptors (Lipinski definition) is 7. The van der Waals surface area contributed by atoms with Crippen LogP contribution in [-0.4, -0.2) is 89.1 Å². The maximum atomic E-state index is 14.6. The Morgan fingerprint density at radius 2 is 1.78 bits per heavy atom. The molecule has 6 atom stereocenters. The van der Waals surface area contributed by atoms with Crippen LogP contribution < -0.4 is 5.32 Å². The van der Waals surface area contributed by atoms with Crippen molar-refractivity contribution in [2.45, 2.75) is 82.1 Å². The number of nitrogens with zero attached hydrogens (tertiary/aromatic N) is 2. The molecule has 1 spiro atoms. The van der Waals surface area contributed by atoms with E-state index < -0.39 is 41.7 Å². The van der Waals surface area contributed by atoms with Crippen LogP contribution in [0.3, 0.4) is 0 Å². The molecular formula is C34H44BrN3O7. The van der Waals surface area contributed by atoms with Gasteiger partial charge < -0.3 is 29.7 Å². The van der Waals surface area contributed by atoms with Crippen molar-refractivity contribution in [2.75, 3.05) is 32.8 Å². The number of rotatable bonds is 10. The lowest BCUT2D eigenvalue weighted by Gasteiger charge is -2.36. The second kappa shape index (κ2) is 15.0. The largest absolute Gasteiger partial charge is 0.455 e. The second-order valence-electron chi connectivity index (χ2n) is 12.3. The number of nitrogens with one attached hydrogen (secondary N) is 1. The summed E-state index contributed by atoms with van der Waals surface area (Å²) in [5.41, 5.74) is -0.593. The van der Waals surface area contributed by atoms with Crippen molar-refractivity contribution in [3.05, 3.63) is 58.6 Å². The Hall–Kier alpha value is -3.02. The zero-order valence-corrected chi connectivity index (χ0v) is 27.5. The van der Waals surface area contributed by atoms with Crippen LogP contribution in [0.5, 0.6) is 0 Å². The molecular weight excluding hydrogens is 642 g/mol. The summed E-state index contributed by atoms with van der Waals surface area (Å²) in [4.78, 5) is 59.1. The minimum atomic E-state index is -1.31. The van der Waals surface area contributed by atoms with Crippen molar-refractivity contribution >= 4 is 39.6 Å². The molecule has 11 heteroatoms. The third-order valence-electron chi connectivity index (χ3n) is 9.28. The third-order valence-corrected chi connectivity index (χ3v) is 9.96. The van der Waals surface area contributed by atoms with Gasteiger partial charge in [-0.3, -0.25) is 19.2 Å². The Labute approximate surface area is 273 Å². The SMILES string of the molecule is CCCCN1C/C=C\CCC(=O)NC[C@H](c2ccccc2)OC(=O)[C@H]2[C@@H]3O[C@@]4(C=C3Br)[C@@H]2C(=O)N(CCCCCCO)[C@@H]4C1=O. The van der Waals surface area contributed by atoms with Crippen molar-refractivity contribution in [3.8, 4) is 0 Å². The van der Waals surface area contributed by atoms with Crippen molar-refractivity contribution in [1.29, 1.82) is 0 Å². The molecule has 4 heterocycles. The predicted molar refractivity (Wildman–Crippen MR) is 171 cm³/mol. The lowest BCUT2D eigenvalue weighted by Crippen LogP contribution is -2.56. The van der Waals surface area contributed by atoms with Gasteiger partial charge in [0.2, 0.25) is 17.7 Å². The van der Waals surface area contributed by atoms with Gasteiger partial charge in [-0.2, -0.15) is 0 Å². The number of aliphatic hydroxyl groups excluding tert-OH is 1. The molecule has 4 aliphatic rings. The van der Waals surface area contributed by atoms with Crippen molar-refractivity contribution in [1.82, 2.24) is 15.1 Å². The van der Waals surface area contributed by atoms with E-state index in [1.54, 1.807) is 9.80 Å². The zero-order valence-electron chi connectivity index (χ0n) is 25.9. The number of cyclic esters (lactones) is 1. The van der Waals surface area contributed by atoms with Crippen LogP contribution in [0.1, 0.15) is 70.0 Å². The van der Waals surface area contributed by atoms with Gasteiger partial charge >= 0.3 is 5.97 Å². The highest BCUT2D eigenvalue weighted by Crippen LogP contribution is 2.59. The molecule has 0 aliphatic carbocycles. The Morgan fingerprint density at radius 1 is 1.00 bits per heavy atom. The Balaban J connectivity index is 1.53. The molecule has 45 heavy (non-hydrogen) atoms. The van der Waals surface area contributed by atoms with Gasteiger partial charge in [0.1, 0.15) is 29.8 Å². The number of halogens is 1. The van der Waals surface area contributed by atoms with E-state index in [4.69, 9.17) is 9.47 Å². The number of amides is 3. The van der Waals surface area contributed by atoms with Crippen LogP contribution >= 0.6 is 15.9 Å². The summed E-state index contributed by atoms with van der Waals surface area (Å²) < 4.78 is 13.3. The summed E-state index contributed by atoms with van der Waals surface area (Å²) in [7, 11) is 0. The molecule has 2 N–H and O–H groups in total. The molecule has 0 unspecified atom stereocenters. The number of carbonyl (C=O) groups is 4. The average molecular weight is 687 g/mol. The summed E-state index contributed by atoms with van der Waals surface area (Å²) in [5.74, 6) is -3.15. The van der Waals surface area contributed by atoms with Crippen LogP contribution in [0, 0.1) is 11.8 Å². The molecule has 0 radical (unpaired) electrons. The fourth-order valence-corrected chi connectivity index (χ4v) is 7.75. The highest BCUT2D eigenvalue weighted by molar-refractivity contribution is 9.11.